The Morgan fingerprint density at radius 1 is 1.00 bits per heavy atom. The van der Waals surface area contributed by atoms with Gasteiger partial charge in [0.15, 0.2) is 0 Å². The average molecular weight is 391 g/mol. The monoisotopic (exact) mass is 391 g/mol. The first-order chi connectivity index (χ1) is 13.7. The highest BCUT2D eigenvalue weighted by Crippen LogP contribution is 2.27. The molecular weight excluding hydrogens is 374 g/mol. The lowest BCUT2D eigenvalue weighted by Crippen LogP contribution is -1.96. The number of nitrogens with two attached hydrogens (primary N) is 1. The van der Waals surface area contributed by atoms with E-state index in [0.29, 0.717) is 28.7 Å². The van der Waals surface area contributed by atoms with Crippen LogP contribution in [0, 0.1) is 0 Å². The summed E-state index contributed by atoms with van der Waals surface area (Å²) in [7, 11) is -1.15. The molecule has 2 aromatic heterocycles. The van der Waals surface area contributed by atoms with Crippen molar-refractivity contribution in [2.45, 2.75) is 11.4 Å². The van der Waals surface area contributed by atoms with Gasteiger partial charge in [0, 0.05) is 28.8 Å². The fourth-order valence-electron chi connectivity index (χ4n) is 2.80. The molecule has 0 aliphatic carbocycles. The molecule has 28 heavy (non-hydrogen) atoms. The largest absolute Gasteiger partial charge is 0.415 e. The molecule has 2 aromatic carbocycles. The molecule has 0 radical (unpaired) electrons. The summed E-state index contributed by atoms with van der Waals surface area (Å²) in [5, 5.41) is 8.21. The zero-order chi connectivity index (χ0) is 19.5. The lowest BCUT2D eigenvalue weighted by molar-refractivity contribution is 0.581. The van der Waals surface area contributed by atoms with Crippen molar-refractivity contribution in [3.63, 3.8) is 0 Å². The van der Waals surface area contributed by atoms with Crippen LogP contribution in [0.15, 0.2) is 70.2 Å². The lowest BCUT2D eigenvalue weighted by atomic mass is 10.1. The van der Waals surface area contributed by atoms with Gasteiger partial charge in [-0.05, 0) is 23.8 Å². The van der Waals surface area contributed by atoms with Gasteiger partial charge < -0.3 is 10.2 Å². The maximum atomic E-state index is 12.0. The van der Waals surface area contributed by atoms with Crippen LogP contribution < -0.4 is 5.73 Å². The second-order valence-electron chi connectivity index (χ2n) is 6.06. The summed E-state index contributed by atoms with van der Waals surface area (Å²) < 4.78 is 17.8. The first-order valence-electron chi connectivity index (χ1n) is 8.54. The van der Waals surface area contributed by atoms with Crippen molar-refractivity contribution in [1.29, 1.82) is 0 Å². The second-order valence-corrected chi connectivity index (χ2v) is 7.40. The minimum Gasteiger partial charge on any atom is -0.415 e. The molecule has 8 heteroatoms. The molecule has 0 aliphatic heterocycles. The van der Waals surface area contributed by atoms with E-state index < -0.39 is 10.8 Å². The molecule has 0 amide bonds. The maximum Gasteiger partial charge on any atom is 0.268 e. The van der Waals surface area contributed by atoms with Gasteiger partial charge in [-0.2, -0.15) is 0 Å². The Balaban J connectivity index is 1.71. The number of hydrogen-bond donors (Lipinski definition) is 1. The molecule has 0 spiro atoms. The van der Waals surface area contributed by atoms with Gasteiger partial charge in [0.05, 0.1) is 28.9 Å². The first kappa shape index (κ1) is 18.1. The molecule has 1 atom stereocenters. The summed E-state index contributed by atoms with van der Waals surface area (Å²) in [6.07, 6.45) is 4.82. The van der Waals surface area contributed by atoms with Crippen LogP contribution in [-0.4, -0.2) is 30.6 Å². The Morgan fingerprint density at radius 3 is 2.61 bits per heavy atom. The van der Waals surface area contributed by atoms with Crippen molar-refractivity contribution < 1.29 is 8.63 Å². The zero-order valence-electron chi connectivity index (χ0n) is 15.1. The first-order valence-corrected chi connectivity index (χ1v) is 10.1. The summed E-state index contributed by atoms with van der Waals surface area (Å²) in [4.78, 5) is 9.52. The standard InChI is InChI=1S/C20H17N5O2S/c1-28(26)18-8-3-2-7-15(18)16-11-22-12-17(23-16)20-25-24-19(27-20)14-6-4-5-13(9-14)10-21/h2-9,11-12H,10,21H2,1H3. The van der Waals surface area contributed by atoms with E-state index in [2.05, 4.69) is 20.2 Å². The van der Waals surface area contributed by atoms with Crippen molar-refractivity contribution in [2.24, 2.45) is 5.73 Å². The number of nitrogens with zero attached hydrogens (tertiary/aromatic N) is 4. The van der Waals surface area contributed by atoms with Crippen molar-refractivity contribution >= 4 is 10.8 Å². The molecule has 0 saturated heterocycles. The number of aromatic nitrogens is 4. The van der Waals surface area contributed by atoms with E-state index in [4.69, 9.17) is 10.2 Å². The smallest absolute Gasteiger partial charge is 0.268 e. The van der Waals surface area contributed by atoms with Crippen LogP contribution in [0.2, 0.25) is 0 Å². The summed E-state index contributed by atoms with van der Waals surface area (Å²) in [5.74, 6) is 0.644. The molecule has 0 fully saturated rings. The Labute approximate surface area is 164 Å². The molecule has 7 nitrogen and oxygen atoms in total. The predicted octanol–water partition coefficient (Wildman–Crippen LogP) is 3.06. The summed E-state index contributed by atoms with van der Waals surface area (Å²) in [6.45, 7) is 0.431. The molecular formula is C20H17N5O2S. The van der Waals surface area contributed by atoms with E-state index >= 15 is 0 Å². The molecule has 0 bridgehead atoms. The minimum absolute atomic E-state index is 0.262. The Bertz CT molecular complexity index is 1160. The van der Waals surface area contributed by atoms with Crippen molar-refractivity contribution in [1.82, 2.24) is 20.2 Å². The van der Waals surface area contributed by atoms with Crippen molar-refractivity contribution in [2.75, 3.05) is 6.26 Å². The van der Waals surface area contributed by atoms with E-state index in [-0.39, 0.29) is 5.89 Å². The zero-order valence-corrected chi connectivity index (χ0v) is 15.9. The molecule has 0 saturated carbocycles. The fourth-order valence-corrected chi connectivity index (χ4v) is 3.55. The normalized spacial score (nSPS) is 12.1. The molecule has 4 aromatic rings. The predicted molar refractivity (Wildman–Crippen MR) is 106 cm³/mol. The summed E-state index contributed by atoms with van der Waals surface area (Å²) in [6, 6.07) is 15.0. The van der Waals surface area contributed by atoms with Gasteiger partial charge in [-0.25, -0.2) is 4.98 Å². The summed E-state index contributed by atoms with van der Waals surface area (Å²) in [5.41, 5.74) is 9.25. The van der Waals surface area contributed by atoms with E-state index in [0.717, 1.165) is 16.7 Å². The van der Waals surface area contributed by atoms with Crippen LogP contribution in [-0.2, 0) is 17.3 Å². The van der Waals surface area contributed by atoms with Crippen LogP contribution in [0.1, 0.15) is 5.56 Å². The summed E-state index contributed by atoms with van der Waals surface area (Å²) >= 11 is 0. The highest BCUT2D eigenvalue weighted by Gasteiger charge is 2.15. The Morgan fingerprint density at radius 2 is 1.79 bits per heavy atom. The average Bonchev–Trinajstić information content (AvgIpc) is 3.24. The van der Waals surface area contributed by atoms with Gasteiger partial charge in [-0.3, -0.25) is 9.19 Å². The minimum atomic E-state index is -1.15. The van der Waals surface area contributed by atoms with Gasteiger partial charge in [0.2, 0.25) is 5.89 Å². The molecule has 4 rings (SSSR count). The second kappa shape index (κ2) is 7.79. The fraction of sp³-hybridized carbons (Fsp3) is 0.100. The molecule has 2 heterocycles. The maximum absolute atomic E-state index is 12.0. The number of rotatable bonds is 5. The molecule has 140 valence electrons. The third-order valence-corrected chi connectivity index (χ3v) is 5.14. The van der Waals surface area contributed by atoms with Gasteiger partial charge in [0.25, 0.3) is 5.89 Å². The molecule has 2 N–H and O–H groups in total. The third kappa shape index (κ3) is 3.60. The third-order valence-electron chi connectivity index (χ3n) is 4.16. The topological polar surface area (TPSA) is 108 Å². The van der Waals surface area contributed by atoms with Gasteiger partial charge in [0.1, 0.15) is 5.69 Å². The molecule has 0 aliphatic rings. The quantitative estimate of drug-likeness (QED) is 0.557. The van der Waals surface area contributed by atoms with E-state index in [9.17, 15) is 4.21 Å². The van der Waals surface area contributed by atoms with E-state index in [1.54, 1.807) is 18.6 Å². The highest BCUT2D eigenvalue weighted by molar-refractivity contribution is 7.84. The number of benzene rings is 2. The Kier molecular flexibility index (Phi) is 5.05. The van der Waals surface area contributed by atoms with Crippen LogP contribution in [0.4, 0.5) is 0 Å². The van der Waals surface area contributed by atoms with E-state index in [1.807, 2.05) is 48.5 Å². The Hall–Kier alpha value is -3.23. The van der Waals surface area contributed by atoms with Crippen LogP contribution in [0.3, 0.4) is 0 Å². The van der Waals surface area contributed by atoms with Gasteiger partial charge in [-0.15, -0.1) is 10.2 Å². The highest BCUT2D eigenvalue weighted by atomic mass is 32.2. The SMILES string of the molecule is CS(=O)c1ccccc1-c1cncc(-c2nnc(-c3cccc(CN)c3)o2)n1. The van der Waals surface area contributed by atoms with Gasteiger partial charge >= 0.3 is 0 Å². The van der Waals surface area contributed by atoms with Crippen LogP contribution in [0.5, 0.6) is 0 Å². The van der Waals surface area contributed by atoms with Crippen molar-refractivity contribution in [3.8, 4) is 34.3 Å². The van der Waals surface area contributed by atoms with E-state index in [1.165, 1.54) is 0 Å². The van der Waals surface area contributed by atoms with Crippen LogP contribution >= 0.6 is 0 Å². The van der Waals surface area contributed by atoms with Gasteiger partial charge in [-0.1, -0.05) is 30.3 Å². The molecule has 1 unspecified atom stereocenters. The van der Waals surface area contributed by atoms with Crippen molar-refractivity contribution in [3.05, 3.63) is 66.5 Å². The van der Waals surface area contributed by atoms with Crippen LogP contribution in [0.25, 0.3) is 34.3 Å². The number of hydrogen-bond acceptors (Lipinski definition) is 7. The lowest BCUT2D eigenvalue weighted by Gasteiger charge is -2.06.